The van der Waals surface area contributed by atoms with Gasteiger partial charge >= 0.3 is 0 Å². The predicted octanol–water partition coefficient (Wildman–Crippen LogP) is 7.31. The summed E-state index contributed by atoms with van der Waals surface area (Å²) in [5, 5.41) is 3.97. The molecule has 0 amide bonds. The zero-order valence-electron chi connectivity index (χ0n) is 23.0. The molecule has 1 unspecified atom stereocenters. The Hall–Kier alpha value is -3.10. The minimum absolute atomic E-state index is 0.0839. The molecule has 1 aromatic carbocycles. The summed E-state index contributed by atoms with van der Waals surface area (Å²) >= 11 is 6.27. The molecule has 0 bridgehead atoms. The molecule has 1 N–H and O–H groups in total. The Balaban J connectivity index is 2.29. The van der Waals surface area contributed by atoms with Crippen molar-refractivity contribution in [3.8, 4) is 12.3 Å². The highest BCUT2D eigenvalue weighted by atomic mass is 35.5. The highest BCUT2D eigenvalue weighted by molar-refractivity contribution is 6.31. The van der Waals surface area contributed by atoms with E-state index < -0.39 is 0 Å². The number of Topliss-reactive ketones (excluding diaryl/α,β-unsaturated/α-hetero) is 1. The number of terminal acetylenes is 1. The molecule has 198 valence electrons. The number of methoxy groups -OCH3 is 1. The number of nitrogens with one attached hydrogen (secondary N) is 1. The van der Waals surface area contributed by atoms with Crippen LogP contribution in [0.5, 0.6) is 0 Å². The van der Waals surface area contributed by atoms with Crippen LogP contribution in [0, 0.1) is 31.1 Å². The summed E-state index contributed by atoms with van der Waals surface area (Å²) in [7, 11) is 1.62. The van der Waals surface area contributed by atoms with Crippen LogP contribution in [0.1, 0.15) is 70.9 Å². The molecule has 0 spiro atoms. The van der Waals surface area contributed by atoms with Crippen molar-refractivity contribution in [3.63, 3.8) is 0 Å². The second-order valence-electron chi connectivity index (χ2n) is 9.90. The maximum Gasteiger partial charge on any atom is 0.208 e. The summed E-state index contributed by atoms with van der Waals surface area (Å²) in [6, 6.07) is 5.88. The van der Waals surface area contributed by atoms with Crippen LogP contribution < -0.4 is 5.32 Å². The second kappa shape index (κ2) is 15.2. The quantitative estimate of drug-likeness (QED) is 0.199. The Morgan fingerprint density at radius 2 is 2.00 bits per heavy atom. The standard InChI is InChI=1S/C31H40ClN3O2/c1-8-29(35-31(23(5)16-21(2)3)26-14-15-28(32)22(4)17-26)33-20-27(24(6)36)18-25-12-10-9-11-13-30(37-7)34-19-25/h1,12-15,17,19,21,27H,9-11,16,18,20H2,2-7H3,(H,33,35)/b25-12-,30-13-,31-23+,34-19-. The van der Waals surface area contributed by atoms with E-state index in [-0.39, 0.29) is 11.7 Å². The number of nitrogens with zero attached hydrogens (tertiary/aromatic N) is 2. The largest absolute Gasteiger partial charge is 0.481 e. The molecule has 2 rings (SSSR count). The van der Waals surface area contributed by atoms with Crippen molar-refractivity contribution in [2.75, 3.05) is 13.7 Å². The van der Waals surface area contributed by atoms with Crippen molar-refractivity contribution < 1.29 is 9.53 Å². The lowest BCUT2D eigenvalue weighted by molar-refractivity contribution is -0.120. The molecule has 37 heavy (non-hydrogen) atoms. The number of aryl methyl sites for hydroxylation is 1. The van der Waals surface area contributed by atoms with Crippen molar-refractivity contribution in [2.24, 2.45) is 21.8 Å². The Morgan fingerprint density at radius 1 is 1.27 bits per heavy atom. The Bertz CT molecular complexity index is 1150. The van der Waals surface area contributed by atoms with Gasteiger partial charge in [0.1, 0.15) is 5.78 Å². The van der Waals surface area contributed by atoms with Crippen LogP contribution in [0.4, 0.5) is 0 Å². The number of ketones is 1. The third-order valence-corrected chi connectivity index (χ3v) is 6.61. The first-order chi connectivity index (χ1) is 17.6. The lowest BCUT2D eigenvalue weighted by Gasteiger charge is -2.17. The molecule has 0 saturated carbocycles. The van der Waals surface area contributed by atoms with Crippen molar-refractivity contribution >= 4 is 35.1 Å². The number of allylic oxidation sites excluding steroid dienone is 4. The fraction of sp³-hybridized carbons (Fsp3) is 0.452. The van der Waals surface area contributed by atoms with Gasteiger partial charge in [-0.25, -0.2) is 9.98 Å². The minimum atomic E-state index is -0.269. The van der Waals surface area contributed by atoms with Gasteiger partial charge in [0.05, 0.1) is 12.8 Å². The predicted molar refractivity (Wildman–Crippen MR) is 157 cm³/mol. The van der Waals surface area contributed by atoms with Crippen LogP contribution in [0.3, 0.4) is 0 Å². The van der Waals surface area contributed by atoms with Gasteiger partial charge in [-0.05, 0) is 99.6 Å². The SMILES string of the molecule is C#C/C(=N\C(=C(/C)CC(C)C)c1ccc(Cl)c(C)c1)NCC(CC1=C/CCC/C=C(OC)/N=C\1)C(C)=O. The van der Waals surface area contributed by atoms with Gasteiger partial charge in [0, 0.05) is 29.3 Å². The van der Waals surface area contributed by atoms with Gasteiger partial charge in [-0.2, -0.15) is 0 Å². The zero-order chi connectivity index (χ0) is 27.4. The number of aliphatic imine (C=N–C) groups is 2. The normalized spacial score (nSPS) is 19.6. The molecule has 0 aromatic heterocycles. The lowest BCUT2D eigenvalue weighted by atomic mass is 9.95. The third kappa shape index (κ3) is 10.1. The molecule has 0 radical (unpaired) electrons. The number of benzene rings is 1. The van der Waals surface area contributed by atoms with E-state index in [0.29, 0.717) is 35.6 Å². The van der Waals surface area contributed by atoms with Crippen molar-refractivity contribution in [1.82, 2.24) is 5.32 Å². The highest BCUT2D eigenvalue weighted by Crippen LogP contribution is 2.28. The number of ether oxygens (including phenoxy) is 1. The molecule has 1 aromatic rings. The molecule has 6 heteroatoms. The van der Waals surface area contributed by atoms with Crippen LogP contribution in [0.15, 0.2) is 57.4 Å². The highest BCUT2D eigenvalue weighted by Gasteiger charge is 2.17. The fourth-order valence-corrected chi connectivity index (χ4v) is 4.28. The number of rotatable bonds is 10. The van der Waals surface area contributed by atoms with Crippen molar-refractivity contribution in [1.29, 1.82) is 0 Å². The van der Waals surface area contributed by atoms with Crippen LogP contribution in [0.25, 0.3) is 5.70 Å². The molecule has 5 nitrogen and oxygen atoms in total. The monoisotopic (exact) mass is 521 g/mol. The van der Waals surface area contributed by atoms with Gasteiger partial charge in [0.15, 0.2) is 5.84 Å². The van der Waals surface area contributed by atoms with Crippen molar-refractivity contribution in [2.45, 2.75) is 66.7 Å². The van der Waals surface area contributed by atoms with E-state index in [1.54, 1.807) is 20.2 Å². The van der Waals surface area contributed by atoms with E-state index in [4.69, 9.17) is 27.8 Å². The Morgan fingerprint density at radius 3 is 2.62 bits per heavy atom. The molecular weight excluding hydrogens is 482 g/mol. The molecule has 0 saturated heterocycles. The van der Waals surface area contributed by atoms with Crippen LogP contribution >= 0.6 is 11.6 Å². The smallest absolute Gasteiger partial charge is 0.208 e. The molecule has 1 atom stereocenters. The van der Waals surface area contributed by atoms with Gasteiger partial charge in [-0.3, -0.25) is 4.79 Å². The van der Waals surface area contributed by atoms with Crippen LogP contribution in [-0.4, -0.2) is 31.5 Å². The average Bonchev–Trinajstić information content (AvgIpc) is 2.96. The van der Waals surface area contributed by atoms with E-state index in [2.05, 4.69) is 43.1 Å². The molecule has 1 aliphatic heterocycles. The summed E-state index contributed by atoms with van der Waals surface area (Å²) in [6.45, 7) is 10.4. The first-order valence-corrected chi connectivity index (χ1v) is 13.3. The zero-order valence-corrected chi connectivity index (χ0v) is 23.8. The Labute approximate surface area is 227 Å². The van der Waals surface area contributed by atoms with Gasteiger partial charge in [0.2, 0.25) is 5.88 Å². The number of hydrogen-bond donors (Lipinski definition) is 1. The minimum Gasteiger partial charge on any atom is -0.481 e. The molecule has 0 fully saturated rings. The molecular formula is C31H40ClN3O2. The molecule has 1 aliphatic rings. The van der Waals surface area contributed by atoms with Gasteiger partial charge in [0.25, 0.3) is 0 Å². The number of carbonyl (C=O) groups is 1. The first-order valence-electron chi connectivity index (χ1n) is 12.9. The summed E-state index contributed by atoms with van der Waals surface area (Å²) in [5.41, 5.74) is 4.93. The maximum atomic E-state index is 12.5. The summed E-state index contributed by atoms with van der Waals surface area (Å²) in [5.74, 6) is 3.96. The lowest BCUT2D eigenvalue weighted by Crippen LogP contribution is -2.32. The second-order valence-corrected chi connectivity index (χ2v) is 10.3. The summed E-state index contributed by atoms with van der Waals surface area (Å²) in [6.07, 6.45) is 16.1. The number of amidine groups is 1. The van der Waals surface area contributed by atoms with E-state index in [9.17, 15) is 4.79 Å². The van der Waals surface area contributed by atoms with E-state index in [1.807, 2.05) is 31.2 Å². The maximum absolute atomic E-state index is 12.5. The van der Waals surface area contributed by atoms with Crippen LogP contribution in [0.2, 0.25) is 5.02 Å². The van der Waals surface area contributed by atoms with Crippen LogP contribution in [-0.2, 0) is 9.53 Å². The molecule has 0 aliphatic carbocycles. The summed E-state index contributed by atoms with van der Waals surface area (Å²) in [4.78, 5) is 21.8. The van der Waals surface area contributed by atoms with E-state index in [0.717, 1.165) is 53.7 Å². The van der Waals surface area contributed by atoms with Gasteiger partial charge in [-0.1, -0.05) is 37.6 Å². The fourth-order valence-electron chi connectivity index (χ4n) is 4.16. The van der Waals surface area contributed by atoms with Gasteiger partial charge in [-0.15, -0.1) is 6.42 Å². The Kier molecular flexibility index (Phi) is 12.4. The first kappa shape index (κ1) is 30.1. The summed E-state index contributed by atoms with van der Waals surface area (Å²) < 4.78 is 5.31. The van der Waals surface area contributed by atoms with E-state index in [1.165, 1.54) is 0 Å². The van der Waals surface area contributed by atoms with E-state index >= 15 is 0 Å². The molecule has 1 heterocycles. The van der Waals surface area contributed by atoms with Gasteiger partial charge < -0.3 is 10.1 Å². The number of halogens is 1. The van der Waals surface area contributed by atoms with Crippen molar-refractivity contribution in [3.05, 3.63) is 63.5 Å². The number of hydrogen-bond acceptors (Lipinski definition) is 4. The topological polar surface area (TPSA) is 63.1 Å². The third-order valence-electron chi connectivity index (χ3n) is 6.18. The number of carbonyl (C=O) groups excluding carboxylic acids is 1. The average molecular weight is 522 g/mol.